The molecule has 15 heavy (non-hydrogen) atoms. The van der Waals surface area contributed by atoms with Crippen molar-refractivity contribution in [3.8, 4) is 0 Å². The Labute approximate surface area is 89.3 Å². The molecule has 5 heteroatoms. The summed E-state index contributed by atoms with van der Waals surface area (Å²) in [5.74, 6) is -0.461. The van der Waals surface area contributed by atoms with Crippen LogP contribution in [-0.2, 0) is 4.74 Å². The molecule has 0 aromatic rings. The fraction of sp³-hybridized carbons (Fsp3) is 1.00. The lowest BCUT2D eigenvalue weighted by molar-refractivity contribution is -0.278. The molecule has 0 aromatic heterocycles. The van der Waals surface area contributed by atoms with Gasteiger partial charge in [-0.1, -0.05) is 20.3 Å². The van der Waals surface area contributed by atoms with Gasteiger partial charge in [-0.3, -0.25) is 0 Å². The summed E-state index contributed by atoms with van der Waals surface area (Å²) < 4.78 is 5.05. The van der Waals surface area contributed by atoms with E-state index in [2.05, 4.69) is 0 Å². The first-order chi connectivity index (χ1) is 7.02. The third-order valence-electron chi connectivity index (χ3n) is 3.25. The Bertz CT molecular complexity index is 198. The molecule has 6 unspecified atom stereocenters. The molecule has 4 N–H and O–H groups in total. The van der Waals surface area contributed by atoms with E-state index in [4.69, 9.17) is 9.84 Å². The van der Waals surface area contributed by atoms with Gasteiger partial charge in [-0.25, -0.2) is 0 Å². The lowest BCUT2D eigenvalue weighted by Crippen LogP contribution is -2.57. The van der Waals surface area contributed by atoms with Gasteiger partial charge in [0, 0.05) is 5.92 Å². The first-order valence-corrected chi connectivity index (χ1v) is 5.33. The van der Waals surface area contributed by atoms with Crippen LogP contribution in [0.2, 0.25) is 0 Å². The molecule has 1 saturated heterocycles. The summed E-state index contributed by atoms with van der Waals surface area (Å²) in [6.45, 7) is 3.41. The maximum atomic E-state index is 9.81. The Kier molecular flexibility index (Phi) is 4.48. The van der Waals surface area contributed by atoms with E-state index in [1.807, 2.05) is 13.8 Å². The fourth-order valence-electron chi connectivity index (χ4n) is 2.01. The topological polar surface area (TPSA) is 90.2 Å². The van der Waals surface area contributed by atoms with Gasteiger partial charge < -0.3 is 25.2 Å². The molecule has 0 aliphatic carbocycles. The van der Waals surface area contributed by atoms with Crippen LogP contribution in [0, 0.1) is 11.8 Å². The molecule has 6 atom stereocenters. The highest BCUT2D eigenvalue weighted by Crippen LogP contribution is 2.31. The molecule has 1 fully saturated rings. The highest BCUT2D eigenvalue weighted by Gasteiger charge is 2.45. The lowest BCUT2D eigenvalue weighted by atomic mass is 9.81. The molecule has 0 bridgehead atoms. The highest BCUT2D eigenvalue weighted by atomic mass is 16.6. The zero-order valence-electron chi connectivity index (χ0n) is 9.08. The number of aliphatic hydroxyl groups is 4. The molecule has 90 valence electrons. The van der Waals surface area contributed by atoms with Crippen molar-refractivity contribution in [2.24, 2.45) is 11.8 Å². The average molecular weight is 220 g/mol. The summed E-state index contributed by atoms with van der Waals surface area (Å²) in [6, 6.07) is 0. The molecular formula is C10H20O5. The molecule has 1 aliphatic heterocycles. The normalized spacial score (nSPS) is 44.0. The lowest BCUT2D eigenvalue weighted by Gasteiger charge is -2.42. The van der Waals surface area contributed by atoms with Crippen LogP contribution in [0.15, 0.2) is 0 Å². The Morgan fingerprint density at radius 3 is 2.27 bits per heavy atom. The Hall–Kier alpha value is -0.200. The van der Waals surface area contributed by atoms with Gasteiger partial charge in [-0.2, -0.15) is 0 Å². The van der Waals surface area contributed by atoms with Crippen LogP contribution in [0.1, 0.15) is 20.3 Å². The summed E-state index contributed by atoms with van der Waals surface area (Å²) in [6.07, 6.45) is -3.46. The standard InChI is InChI=1S/C10H20O5/c1-3-5(2)7-9(13)8(12)6(4-11)15-10(7)14/h5-14H,3-4H2,1-2H3. The fourth-order valence-corrected chi connectivity index (χ4v) is 2.01. The first kappa shape index (κ1) is 12.9. The molecule has 1 heterocycles. The molecule has 0 saturated carbocycles. The van der Waals surface area contributed by atoms with Crippen LogP contribution >= 0.6 is 0 Å². The second kappa shape index (κ2) is 5.23. The van der Waals surface area contributed by atoms with Crippen molar-refractivity contribution >= 4 is 0 Å². The molecule has 0 radical (unpaired) electrons. The van der Waals surface area contributed by atoms with Gasteiger partial charge in [0.25, 0.3) is 0 Å². The Balaban J connectivity index is 2.74. The van der Waals surface area contributed by atoms with Crippen molar-refractivity contribution in [2.45, 2.75) is 44.9 Å². The van der Waals surface area contributed by atoms with E-state index in [0.29, 0.717) is 0 Å². The van der Waals surface area contributed by atoms with Gasteiger partial charge >= 0.3 is 0 Å². The molecule has 0 spiro atoms. The van der Waals surface area contributed by atoms with E-state index >= 15 is 0 Å². The van der Waals surface area contributed by atoms with Gasteiger partial charge in [0.05, 0.1) is 12.7 Å². The van der Waals surface area contributed by atoms with Gasteiger partial charge in [-0.15, -0.1) is 0 Å². The number of hydrogen-bond acceptors (Lipinski definition) is 5. The van der Waals surface area contributed by atoms with E-state index in [1.165, 1.54) is 0 Å². The summed E-state index contributed by atoms with van der Waals surface area (Å²) >= 11 is 0. The van der Waals surface area contributed by atoms with Gasteiger partial charge in [-0.05, 0) is 5.92 Å². The quantitative estimate of drug-likeness (QED) is 0.494. The van der Waals surface area contributed by atoms with E-state index in [0.717, 1.165) is 6.42 Å². The number of aliphatic hydroxyl groups excluding tert-OH is 4. The molecular weight excluding hydrogens is 200 g/mol. The first-order valence-electron chi connectivity index (χ1n) is 5.33. The van der Waals surface area contributed by atoms with E-state index in [9.17, 15) is 15.3 Å². The van der Waals surface area contributed by atoms with Crippen LogP contribution in [0.4, 0.5) is 0 Å². The second-order valence-electron chi connectivity index (χ2n) is 4.19. The SMILES string of the molecule is CCC(C)C1C(O)OC(CO)C(O)C1O. The van der Waals surface area contributed by atoms with Crippen LogP contribution in [0.3, 0.4) is 0 Å². The summed E-state index contributed by atoms with van der Waals surface area (Å²) in [5.41, 5.74) is 0. The molecule has 5 nitrogen and oxygen atoms in total. The smallest absolute Gasteiger partial charge is 0.160 e. The molecule has 0 amide bonds. The maximum Gasteiger partial charge on any atom is 0.160 e. The third kappa shape index (κ3) is 2.49. The van der Waals surface area contributed by atoms with Gasteiger partial charge in [0.2, 0.25) is 0 Å². The van der Waals surface area contributed by atoms with E-state index in [-0.39, 0.29) is 5.92 Å². The Morgan fingerprint density at radius 2 is 1.80 bits per heavy atom. The summed E-state index contributed by atoms with van der Waals surface area (Å²) in [7, 11) is 0. The van der Waals surface area contributed by atoms with E-state index in [1.54, 1.807) is 0 Å². The van der Waals surface area contributed by atoms with Gasteiger partial charge in [0.1, 0.15) is 12.2 Å². The summed E-state index contributed by atoms with van der Waals surface area (Å²) in [5, 5.41) is 38.0. The largest absolute Gasteiger partial charge is 0.394 e. The van der Waals surface area contributed by atoms with Gasteiger partial charge in [0.15, 0.2) is 6.29 Å². The zero-order chi connectivity index (χ0) is 11.6. The van der Waals surface area contributed by atoms with Crippen molar-refractivity contribution in [1.29, 1.82) is 0 Å². The third-order valence-corrected chi connectivity index (χ3v) is 3.25. The van der Waals surface area contributed by atoms with Crippen molar-refractivity contribution in [1.82, 2.24) is 0 Å². The number of hydrogen-bond donors (Lipinski definition) is 4. The minimum Gasteiger partial charge on any atom is -0.394 e. The minimum absolute atomic E-state index is 0.0456. The monoisotopic (exact) mass is 220 g/mol. The number of ether oxygens (including phenoxy) is 1. The Morgan fingerprint density at radius 1 is 1.20 bits per heavy atom. The van der Waals surface area contributed by atoms with Crippen molar-refractivity contribution in [3.63, 3.8) is 0 Å². The van der Waals surface area contributed by atoms with Crippen LogP contribution in [0.25, 0.3) is 0 Å². The predicted octanol–water partition coefficient (Wildman–Crippen LogP) is -0.920. The van der Waals surface area contributed by atoms with Crippen LogP contribution in [-0.4, -0.2) is 51.6 Å². The van der Waals surface area contributed by atoms with Crippen molar-refractivity contribution in [2.75, 3.05) is 6.61 Å². The molecule has 1 rings (SSSR count). The summed E-state index contributed by atoms with van der Waals surface area (Å²) in [4.78, 5) is 0. The molecule has 0 aromatic carbocycles. The highest BCUT2D eigenvalue weighted by molar-refractivity contribution is 4.90. The number of rotatable bonds is 3. The predicted molar refractivity (Wildman–Crippen MR) is 52.9 cm³/mol. The minimum atomic E-state index is -1.14. The van der Waals surface area contributed by atoms with Crippen LogP contribution in [0.5, 0.6) is 0 Å². The second-order valence-corrected chi connectivity index (χ2v) is 4.19. The van der Waals surface area contributed by atoms with Crippen molar-refractivity contribution in [3.05, 3.63) is 0 Å². The van der Waals surface area contributed by atoms with Crippen LogP contribution < -0.4 is 0 Å². The average Bonchev–Trinajstić information content (AvgIpc) is 2.23. The zero-order valence-corrected chi connectivity index (χ0v) is 9.08. The molecule has 1 aliphatic rings. The van der Waals surface area contributed by atoms with E-state index < -0.39 is 37.1 Å². The maximum absolute atomic E-state index is 9.81. The van der Waals surface area contributed by atoms with Crippen molar-refractivity contribution < 1.29 is 25.2 Å².